The smallest absolute Gasteiger partial charge is 0.257 e. The minimum atomic E-state index is -0.122. The Morgan fingerprint density at radius 1 is 1.61 bits per heavy atom. The van der Waals surface area contributed by atoms with Gasteiger partial charge in [-0.25, -0.2) is 0 Å². The lowest BCUT2D eigenvalue weighted by Gasteiger charge is -2.22. The van der Waals surface area contributed by atoms with E-state index in [2.05, 4.69) is 15.9 Å². The number of nitrogens with two attached hydrogens (primary N) is 1. The van der Waals surface area contributed by atoms with Crippen LogP contribution in [0.15, 0.2) is 22.7 Å². The Bertz CT molecular complexity index is 464. The highest BCUT2D eigenvalue weighted by Crippen LogP contribution is 2.28. The summed E-state index contributed by atoms with van der Waals surface area (Å²) in [4.78, 5) is 14.2. The molecule has 2 rings (SSSR count). The van der Waals surface area contributed by atoms with Crippen molar-refractivity contribution >= 4 is 21.8 Å². The molecule has 98 valence electrons. The summed E-state index contributed by atoms with van der Waals surface area (Å²) in [6, 6.07) is 5.11. The zero-order chi connectivity index (χ0) is 13.3. The molecule has 2 atom stereocenters. The van der Waals surface area contributed by atoms with Gasteiger partial charge in [-0.3, -0.25) is 4.79 Å². The number of halogens is 1. The van der Waals surface area contributed by atoms with Crippen LogP contribution in [-0.2, 0) is 0 Å². The Balaban J connectivity index is 2.21. The summed E-state index contributed by atoms with van der Waals surface area (Å²) in [5.74, 6) is 0.253. The number of hydrogen-bond acceptors (Lipinski definition) is 3. The molecular weight excluding hydrogens is 296 g/mol. The fraction of sp³-hybridized carbons (Fsp3) is 0.462. The van der Waals surface area contributed by atoms with Gasteiger partial charge in [0.05, 0.1) is 5.56 Å². The van der Waals surface area contributed by atoms with Gasteiger partial charge >= 0.3 is 0 Å². The van der Waals surface area contributed by atoms with Crippen LogP contribution in [0.1, 0.15) is 23.7 Å². The van der Waals surface area contributed by atoms with Crippen molar-refractivity contribution in [1.29, 1.82) is 0 Å². The first-order valence-electron chi connectivity index (χ1n) is 6.02. The van der Waals surface area contributed by atoms with Gasteiger partial charge in [0, 0.05) is 17.1 Å². The second-order valence-electron chi connectivity index (χ2n) is 4.81. The maximum atomic E-state index is 12.4. The zero-order valence-electron chi connectivity index (χ0n) is 10.3. The Kier molecular flexibility index (Phi) is 3.92. The van der Waals surface area contributed by atoms with Crippen LogP contribution in [0.3, 0.4) is 0 Å². The van der Waals surface area contributed by atoms with E-state index in [-0.39, 0.29) is 17.7 Å². The lowest BCUT2D eigenvalue weighted by molar-refractivity contribution is 0.0740. The van der Waals surface area contributed by atoms with Crippen molar-refractivity contribution in [2.75, 3.05) is 13.1 Å². The highest BCUT2D eigenvalue weighted by atomic mass is 79.9. The molecule has 1 saturated heterocycles. The van der Waals surface area contributed by atoms with Crippen molar-refractivity contribution in [1.82, 2.24) is 4.90 Å². The normalized spacial score (nSPS) is 23.4. The van der Waals surface area contributed by atoms with Crippen molar-refractivity contribution in [3.8, 4) is 5.75 Å². The monoisotopic (exact) mass is 312 g/mol. The van der Waals surface area contributed by atoms with Gasteiger partial charge in [0.15, 0.2) is 0 Å². The largest absolute Gasteiger partial charge is 0.507 e. The molecule has 3 N–H and O–H groups in total. The van der Waals surface area contributed by atoms with Crippen molar-refractivity contribution in [3.05, 3.63) is 28.2 Å². The van der Waals surface area contributed by atoms with Crippen molar-refractivity contribution < 1.29 is 9.90 Å². The first kappa shape index (κ1) is 13.4. The molecule has 1 aliphatic rings. The molecule has 1 amide bonds. The molecule has 0 aromatic heterocycles. The molecular formula is C13H17BrN2O2. The molecule has 5 heteroatoms. The molecule has 0 aliphatic carbocycles. The zero-order valence-corrected chi connectivity index (χ0v) is 11.9. The van der Waals surface area contributed by atoms with Crippen molar-refractivity contribution in [3.63, 3.8) is 0 Å². The molecule has 1 aliphatic heterocycles. The number of amides is 1. The average molecular weight is 313 g/mol. The second-order valence-corrected chi connectivity index (χ2v) is 5.72. The van der Waals surface area contributed by atoms with E-state index < -0.39 is 0 Å². The number of hydrogen-bond donors (Lipinski definition) is 2. The van der Waals surface area contributed by atoms with Crippen molar-refractivity contribution in [2.45, 2.75) is 19.4 Å². The van der Waals surface area contributed by atoms with E-state index in [9.17, 15) is 9.90 Å². The summed E-state index contributed by atoms with van der Waals surface area (Å²) in [6.07, 6.45) is 0.930. The Labute approximate surface area is 115 Å². The van der Waals surface area contributed by atoms with E-state index in [1.807, 2.05) is 6.92 Å². The number of benzene rings is 1. The number of carbonyl (C=O) groups is 1. The number of aromatic hydroxyl groups is 1. The molecule has 0 saturated carbocycles. The molecule has 0 spiro atoms. The Morgan fingerprint density at radius 3 is 2.89 bits per heavy atom. The minimum Gasteiger partial charge on any atom is -0.507 e. The van der Waals surface area contributed by atoms with Gasteiger partial charge in [-0.2, -0.15) is 0 Å². The van der Waals surface area contributed by atoms with Crippen LogP contribution >= 0.6 is 15.9 Å². The van der Waals surface area contributed by atoms with Crippen LogP contribution in [0.25, 0.3) is 0 Å². The fourth-order valence-electron chi connectivity index (χ4n) is 2.44. The third kappa shape index (κ3) is 2.52. The second kappa shape index (κ2) is 5.28. The van der Waals surface area contributed by atoms with Gasteiger partial charge < -0.3 is 15.7 Å². The number of phenolic OH excluding ortho intramolecular Hbond substituents is 1. The first-order chi connectivity index (χ1) is 8.52. The van der Waals surface area contributed by atoms with Crippen LogP contribution in [0.5, 0.6) is 5.75 Å². The van der Waals surface area contributed by atoms with Crippen LogP contribution in [-0.4, -0.2) is 35.0 Å². The quantitative estimate of drug-likeness (QED) is 0.877. The molecule has 0 radical (unpaired) electrons. The van der Waals surface area contributed by atoms with Gasteiger partial charge in [-0.05, 0) is 44.0 Å². The Morgan fingerprint density at radius 2 is 2.33 bits per heavy atom. The molecule has 4 nitrogen and oxygen atoms in total. The first-order valence-corrected chi connectivity index (χ1v) is 6.81. The van der Waals surface area contributed by atoms with Gasteiger partial charge in [0.1, 0.15) is 5.75 Å². The van der Waals surface area contributed by atoms with Crippen LogP contribution < -0.4 is 5.73 Å². The number of nitrogens with zero attached hydrogens (tertiary/aromatic N) is 1. The molecule has 1 aromatic carbocycles. The topological polar surface area (TPSA) is 66.6 Å². The van der Waals surface area contributed by atoms with Gasteiger partial charge in [-0.15, -0.1) is 0 Å². The summed E-state index contributed by atoms with van der Waals surface area (Å²) in [5.41, 5.74) is 6.00. The lowest BCUT2D eigenvalue weighted by atomic mass is 10.1. The summed E-state index contributed by atoms with van der Waals surface area (Å²) in [6.45, 7) is 3.29. The SMILES string of the molecule is CC1CC(CN)CN1C(=O)c1ccc(Br)cc1O. The minimum absolute atomic E-state index is 0.0118. The highest BCUT2D eigenvalue weighted by Gasteiger charge is 2.32. The highest BCUT2D eigenvalue weighted by molar-refractivity contribution is 9.10. The van der Waals surface area contributed by atoms with E-state index in [1.165, 1.54) is 6.07 Å². The van der Waals surface area contributed by atoms with Gasteiger partial charge in [-0.1, -0.05) is 15.9 Å². The predicted molar refractivity (Wildman–Crippen MR) is 73.5 cm³/mol. The van der Waals surface area contributed by atoms with E-state index in [0.717, 1.165) is 10.9 Å². The third-order valence-electron chi connectivity index (χ3n) is 3.45. The number of rotatable bonds is 2. The van der Waals surface area contributed by atoms with Gasteiger partial charge in [0.2, 0.25) is 0 Å². The molecule has 1 heterocycles. The van der Waals surface area contributed by atoms with Gasteiger partial charge in [0.25, 0.3) is 5.91 Å². The summed E-state index contributed by atoms with van der Waals surface area (Å²) in [7, 11) is 0. The predicted octanol–water partition coefficient (Wildman–Crippen LogP) is 1.96. The molecule has 2 unspecified atom stereocenters. The maximum absolute atomic E-state index is 12.4. The summed E-state index contributed by atoms with van der Waals surface area (Å²) >= 11 is 3.26. The van der Waals surface area contributed by atoms with E-state index in [1.54, 1.807) is 17.0 Å². The molecule has 1 fully saturated rings. The fourth-order valence-corrected chi connectivity index (χ4v) is 2.79. The maximum Gasteiger partial charge on any atom is 0.257 e. The number of likely N-dealkylation sites (tertiary alicyclic amines) is 1. The molecule has 0 bridgehead atoms. The van der Waals surface area contributed by atoms with Crippen LogP contribution in [0.2, 0.25) is 0 Å². The number of phenols is 1. The van der Waals surface area contributed by atoms with E-state index >= 15 is 0 Å². The molecule has 18 heavy (non-hydrogen) atoms. The lowest BCUT2D eigenvalue weighted by Crippen LogP contribution is -2.34. The van der Waals surface area contributed by atoms with Crippen molar-refractivity contribution in [2.24, 2.45) is 11.7 Å². The summed E-state index contributed by atoms with van der Waals surface area (Å²) in [5, 5.41) is 9.83. The van der Waals surface area contributed by atoms with Crippen LogP contribution in [0.4, 0.5) is 0 Å². The molecule has 1 aromatic rings. The Hall–Kier alpha value is -1.07. The average Bonchev–Trinajstić information content (AvgIpc) is 2.70. The van der Waals surface area contributed by atoms with Crippen LogP contribution in [0, 0.1) is 5.92 Å². The summed E-state index contributed by atoms with van der Waals surface area (Å²) < 4.78 is 0.755. The third-order valence-corrected chi connectivity index (χ3v) is 3.94. The standard InChI is InChI=1S/C13H17BrN2O2/c1-8-4-9(6-15)7-16(8)13(18)11-3-2-10(14)5-12(11)17/h2-3,5,8-9,17H,4,6-7,15H2,1H3. The van der Waals surface area contributed by atoms with E-state index in [0.29, 0.717) is 24.6 Å². The van der Waals surface area contributed by atoms with E-state index in [4.69, 9.17) is 5.73 Å². The number of carbonyl (C=O) groups excluding carboxylic acids is 1.